The van der Waals surface area contributed by atoms with E-state index in [4.69, 9.17) is 0 Å². The largest absolute Gasteiger partial charge is 0.370 e. The topological polar surface area (TPSA) is 49.4 Å². The molecule has 1 fully saturated rings. The predicted octanol–water partition coefficient (Wildman–Crippen LogP) is 1.95. The van der Waals surface area contributed by atoms with Gasteiger partial charge in [0.15, 0.2) is 9.84 Å². The molecule has 1 aromatic rings. The fourth-order valence-corrected chi connectivity index (χ4v) is 3.78. The van der Waals surface area contributed by atoms with Crippen molar-refractivity contribution in [2.24, 2.45) is 0 Å². The van der Waals surface area contributed by atoms with Gasteiger partial charge in [0.1, 0.15) is 5.82 Å². The highest BCUT2D eigenvalue weighted by atomic mass is 32.2. The van der Waals surface area contributed by atoms with Crippen LogP contribution in [0.5, 0.6) is 0 Å². The second-order valence-electron chi connectivity index (χ2n) is 5.77. The van der Waals surface area contributed by atoms with Gasteiger partial charge in [-0.15, -0.1) is 0 Å². The van der Waals surface area contributed by atoms with E-state index >= 15 is 0 Å². The van der Waals surface area contributed by atoms with Crippen LogP contribution in [0.4, 0.5) is 10.1 Å². The van der Waals surface area contributed by atoms with Gasteiger partial charge in [-0.25, -0.2) is 12.8 Å². The first-order chi connectivity index (χ1) is 9.89. The van der Waals surface area contributed by atoms with Crippen LogP contribution in [-0.4, -0.2) is 39.1 Å². The summed E-state index contributed by atoms with van der Waals surface area (Å²) in [7, 11) is -2.96. The zero-order valence-corrected chi connectivity index (χ0v) is 13.4. The van der Waals surface area contributed by atoms with E-state index < -0.39 is 9.84 Å². The van der Waals surface area contributed by atoms with Crippen LogP contribution in [0.15, 0.2) is 18.2 Å². The molecule has 0 unspecified atom stereocenters. The van der Waals surface area contributed by atoms with Crippen molar-refractivity contribution in [3.8, 4) is 0 Å². The van der Waals surface area contributed by atoms with E-state index in [0.29, 0.717) is 31.6 Å². The summed E-state index contributed by atoms with van der Waals surface area (Å²) in [4.78, 5) is 1.99. The van der Waals surface area contributed by atoms with Crippen molar-refractivity contribution in [3.63, 3.8) is 0 Å². The average molecular weight is 314 g/mol. The lowest BCUT2D eigenvalue weighted by Gasteiger charge is -2.25. The van der Waals surface area contributed by atoms with Crippen LogP contribution in [0, 0.1) is 5.82 Å². The quantitative estimate of drug-likeness (QED) is 0.923. The van der Waals surface area contributed by atoms with Crippen molar-refractivity contribution in [2.75, 3.05) is 29.5 Å². The summed E-state index contributed by atoms with van der Waals surface area (Å²) in [6, 6.07) is 5.28. The van der Waals surface area contributed by atoms with Gasteiger partial charge in [-0.05, 0) is 18.6 Å². The fraction of sp³-hybridized carbons (Fsp3) is 0.600. The van der Waals surface area contributed by atoms with Gasteiger partial charge < -0.3 is 10.2 Å². The maximum atomic E-state index is 14.1. The van der Waals surface area contributed by atoms with Crippen LogP contribution in [0.25, 0.3) is 0 Å². The molecule has 1 aromatic carbocycles. The molecule has 0 bridgehead atoms. The second-order valence-corrected chi connectivity index (χ2v) is 8.07. The van der Waals surface area contributed by atoms with Gasteiger partial charge in [0.2, 0.25) is 0 Å². The molecule has 1 heterocycles. The Labute approximate surface area is 126 Å². The van der Waals surface area contributed by atoms with Crippen molar-refractivity contribution in [2.45, 2.75) is 32.9 Å². The summed E-state index contributed by atoms with van der Waals surface area (Å²) in [6.45, 7) is 5.55. The summed E-state index contributed by atoms with van der Waals surface area (Å²) >= 11 is 0. The Hall–Kier alpha value is -1.14. The predicted molar refractivity (Wildman–Crippen MR) is 83.9 cm³/mol. The highest BCUT2D eigenvalue weighted by Crippen LogP contribution is 2.25. The van der Waals surface area contributed by atoms with E-state index in [0.717, 1.165) is 5.69 Å². The Kier molecular flexibility index (Phi) is 5.22. The van der Waals surface area contributed by atoms with Crippen molar-refractivity contribution < 1.29 is 12.8 Å². The van der Waals surface area contributed by atoms with Crippen LogP contribution in [0.1, 0.15) is 25.8 Å². The first-order valence-electron chi connectivity index (χ1n) is 7.35. The lowest BCUT2D eigenvalue weighted by Crippen LogP contribution is -2.30. The molecule has 0 aromatic heterocycles. The highest BCUT2D eigenvalue weighted by molar-refractivity contribution is 7.91. The molecule has 0 aliphatic carbocycles. The third-order valence-electron chi connectivity index (χ3n) is 3.68. The Balaban J connectivity index is 2.24. The van der Waals surface area contributed by atoms with E-state index in [2.05, 4.69) is 5.32 Å². The third kappa shape index (κ3) is 4.41. The first-order valence-corrected chi connectivity index (χ1v) is 9.17. The number of hydrogen-bond acceptors (Lipinski definition) is 4. The molecule has 0 saturated carbocycles. The van der Waals surface area contributed by atoms with Crippen molar-refractivity contribution >= 4 is 15.5 Å². The molecule has 4 nitrogen and oxygen atoms in total. The Morgan fingerprint density at radius 1 is 1.29 bits per heavy atom. The average Bonchev–Trinajstić information content (AvgIpc) is 2.58. The lowest BCUT2D eigenvalue weighted by atomic mass is 10.1. The molecule has 0 atom stereocenters. The van der Waals surface area contributed by atoms with Crippen LogP contribution in [-0.2, 0) is 16.4 Å². The molecule has 21 heavy (non-hydrogen) atoms. The SMILES string of the molecule is CC(C)NCc1c(F)cccc1N1CCCS(=O)(=O)CC1. The first kappa shape index (κ1) is 16.2. The van der Waals surface area contributed by atoms with Gasteiger partial charge in [0.05, 0.1) is 11.5 Å². The zero-order chi connectivity index (χ0) is 15.5. The number of benzene rings is 1. The van der Waals surface area contributed by atoms with Crippen molar-refractivity contribution in [1.29, 1.82) is 0 Å². The van der Waals surface area contributed by atoms with Crippen LogP contribution < -0.4 is 10.2 Å². The number of anilines is 1. The van der Waals surface area contributed by atoms with Crippen molar-refractivity contribution in [1.82, 2.24) is 5.32 Å². The molecule has 2 rings (SSSR count). The molecule has 1 aliphatic rings. The van der Waals surface area contributed by atoms with Gasteiger partial charge in [-0.3, -0.25) is 0 Å². The molecule has 0 radical (unpaired) electrons. The summed E-state index contributed by atoms with van der Waals surface area (Å²) in [6.07, 6.45) is 0.593. The molecule has 1 N–H and O–H groups in total. The fourth-order valence-electron chi connectivity index (χ4n) is 2.50. The molecule has 1 aliphatic heterocycles. The summed E-state index contributed by atoms with van der Waals surface area (Å²) in [5.74, 6) is 0.117. The Morgan fingerprint density at radius 2 is 2.05 bits per heavy atom. The third-order valence-corrected chi connectivity index (χ3v) is 5.39. The Morgan fingerprint density at radius 3 is 2.76 bits per heavy atom. The molecule has 6 heteroatoms. The van der Waals surface area contributed by atoms with Gasteiger partial charge in [-0.1, -0.05) is 19.9 Å². The van der Waals surface area contributed by atoms with Crippen molar-refractivity contribution in [3.05, 3.63) is 29.6 Å². The monoisotopic (exact) mass is 314 g/mol. The van der Waals surface area contributed by atoms with E-state index in [9.17, 15) is 12.8 Å². The number of nitrogens with one attached hydrogen (secondary N) is 1. The minimum absolute atomic E-state index is 0.139. The zero-order valence-electron chi connectivity index (χ0n) is 12.6. The van der Waals surface area contributed by atoms with Crippen LogP contribution in [0.2, 0.25) is 0 Å². The second kappa shape index (κ2) is 6.75. The van der Waals surface area contributed by atoms with Gasteiger partial charge in [0.25, 0.3) is 0 Å². The maximum absolute atomic E-state index is 14.1. The standard InChI is InChI=1S/C15H23FN2O2S/c1-12(2)17-11-13-14(16)5-3-6-15(13)18-7-4-9-21(19,20)10-8-18/h3,5-6,12,17H,4,7-11H2,1-2H3. The summed E-state index contributed by atoms with van der Waals surface area (Å²) < 4.78 is 37.5. The van der Waals surface area contributed by atoms with E-state index in [1.165, 1.54) is 6.07 Å². The molecule has 0 amide bonds. The number of hydrogen-bond donors (Lipinski definition) is 1. The highest BCUT2D eigenvalue weighted by Gasteiger charge is 2.21. The van der Waals surface area contributed by atoms with E-state index in [1.54, 1.807) is 6.07 Å². The minimum Gasteiger partial charge on any atom is -0.370 e. The molecular formula is C15H23FN2O2S. The lowest BCUT2D eigenvalue weighted by molar-refractivity contribution is 0.552. The summed E-state index contributed by atoms with van der Waals surface area (Å²) in [5.41, 5.74) is 1.42. The van der Waals surface area contributed by atoms with Gasteiger partial charge in [-0.2, -0.15) is 0 Å². The van der Waals surface area contributed by atoms with E-state index in [1.807, 2.05) is 24.8 Å². The molecule has 118 valence electrons. The normalized spacial score (nSPS) is 18.8. The smallest absolute Gasteiger partial charge is 0.152 e. The Bertz CT molecular complexity index is 587. The molecule has 0 spiro atoms. The number of nitrogens with zero attached hydrogens (tertiary/aromatic N) is 1. The number of rotatable bonds is 4. The number of halogens is 1. The maximum Gasteiger partial charge on any atom is 0.152 e. The van der Waals surface area contributed by atoms with Crippen LogP contribution >= 0.6 is 0 Å². The molecule has 1 saturated heterocycles. The van der Waals surface area contributed by atoms with Crippen LogP contribution in [0.3, 0.4) is 0 Å². The number of sulfone groups is 1. The minimum atomic E-state index is -2.96. The van der Waals surface area contributed by atoms with Gasteiger partial charge in [0, 0.05) is 36.9 Å². The molecular weight excluding hydrogens is 291 g/mol. The van der Waals surface area contributed by atoms with E-state index in [-0.39, 0.29) is 23.4 Å². The summed E-state index contributed by atoms with van der Waals surface area (Å²) in [5, 5.41) is 3.23. The van der Waals surface area contributed by atoms with Gasteiger partial charge >= 0.3 is 0 Å².